The largest absolute Gasteiger partial charge is 0.481 e. The summed E-state index contributed by atoms with van der Waals surface area (Å²) in [5, 5.41) is 9.22. The predicted octanol–water partition coefficient (Wildman–Crippen LogP) is 0.828. The molecule has 2 aliphatic rings. The molecular weight excluding hydrogens is 358 g/mol. The SMILES string of the molecule is CC1(C(=O)O)CCN(C(=O)CCCN=C2NS(=O)(=O)c3ccccc32)C1. The maximum atomic E-state index is 12.2. The van der Waals surface area contributed by atoms with Crippen LogP contribution in [0.15, 0.2) is 34.2 Å². The van der Waals surface area contributed by atoms with E-state index < -0.39 is 21.4 Å². The third kappa shape index (κ3) is 3.44. The van der Waals surface area contributed by atoms with Gasteiger partial charge in [0.1, 0.15) is 5.84 Å². The maximum Gasteiger partial charge on any atom is 0.311 e. The number of hydrogen-bond acceptors (Lipinski definition) is 5. The number of nitrogens with one attached hydrogen (secondary N) is 1. The average molecular weight is 379 g/mol. The molecule has 140 valence electrons. The molecule has 1 unspecified atom stereocenters. The lowest BCUT2D eigenvalue weighted by Crippen LogP contribution is -2.34. The number of hydrogen-bond donors (Lipinski definition) is 2. The van der Waals surface area contributed by atoms with Crippen molar-refractivity contribution in [1.82, 2.24) is 9.62 Å². The first kappa shape index (κ1) is 18.4. The molecule has 1 aromatic rings. The Morgan fingerprint density at radius 3 is 2.77 bits per heavy atom. The molecule has 0 bridgehead atoms. The van der Waals surface area contributed by atoms with E-state index in [0.29, 0.717) is 37.3 Å². The lowest BCUT2D eigenvalue weighted by Gasteiger charge is -2.20. The van der Waals surface area contributed by atoms with Crippen LogP contribution in [0.5, 0.6) is 0 Å². The van der Waals surface area contributed by atoms with Gasteiger partial charge in [0.05, 0.1) is 10.3 Å². The summed E-state index contributed by atoms with van der Waals surface area (Å²) in [6.45, 7) is 2.63. The predicted molar refractivity (Wildman–Crippen MR) is 94.3 cm³/mol. The van der Waals surface area contributed by atoms with E-state index in [4.69, 9.17) is 0 Å². The summed E-state index contributed by atoms with van der Waals surface area (Å²) in [5.74, 6) is -0.679. The van der Waals surface area contributed by atoms with Gasteiger partial charge < -0.3 is 10.0 Å². The van der Waals surface area contributed by atoms with Gasteiger partial charge in [-0.2, -0.15) is 0 Å². The number of amides is 1. The number of carbonyl (C=O) groups excluding carboxylic acids is 1. The molecule has 26 heavy (non-hydrogen) atoms. The molecule has 1 amide bonds. The van der Waals surface area contributed by atoms with Gasteiger partial charge in [0, 0.05) is 31.6 Å². The summed E-state index contributed by atoms with van der Waals surface area (Å²) in [6, 6.07) is 6.61. The van der Waals surface area contributed by atoms with Crippen molar-refractivity contribution in [3.05, 3.63) is 29.8 Å². The zero-order chi connectivity index (χ0) is 18.9. The maximum absolute atomic E-state index is 12.2. The van der Waals surface area contributed by atoms with Gasteiger partial charge in [-0.15, -0.1) is 0 Å². The fraction of sp³-hybridized carbons (Fsp3) is 0.471. The van der Waals surface area contributed by atoms with Crippen LogP contribution in [0.2, 0.25) is 0 Å². The summed E-state index contributed by atoms with van der Waals surface area (Å²) < 4.78 is 26.4. The topological polar surface area (TPSA) is 116 Å². The number of carboxylic acid groups (broad SMARTS) is 1. The summed E-state index contributed by atoms with van der Waals surface area (Å²) >= 11 is 0. The quantitative estimate of drug-likeness (QED) is 0.735. The number of sulfonamides is 1. The Bertz CT molecular complexity index is 880. The highest BCUT2D eigenvalue weighted by Crippen LogP contribution is 2.30. The van der Waals surface area contributed by atoms with E-state index in [0.717, 1.165) is 0 Å². The second-order valence-corrected chi connectivity index (χ2v) is 8.52. The number of aliphatic carboxylic acids is 1. The van der Waals surface area contributed by atoms with E-state index in [2.05, 4.69) is 9.71 Å². The molecular formula is C17H21N3O5S. The van der Waals surface area contributed by atoms with Crippen LogP contribution in [0.4, 0.5) is 0 Å². The number of nitrogens with zero attached hydrogens (tertiary/aromatic N) is 2. The molecule has 1 aromatic carbocycles. The molecule has 2 N–H and O–H groups in total. The van der Waals surface area contributed by atoms with E-state index in [-0.39, 0.29) is 23.8 Å². The average Bonchev–Trinajstić information content (AvgIpc) is 3.12. The second kappa shape index (κ2) is 6.71. The molecule has 3 rings (SSSR count). The first-order valence-corrected chi connectivity index (χ1v) is 9.89. The summed E-state index contributed by atoms with van der Waals surface area (Å²) in [6.07, 6.45) is 1.17. The molecule has 0 spiro atoms. The van der Waals surface area contributed by atoms with E-state index in [1.165, 1.54) is 6.07 Å². The van der Waals surface area contributed by atoms with Crippen molar-refractivity contribution in [1.29, 1.82) is 0 Å². The summed E-state index contributed by atoms with van der Waals surface area (Å²) in [5.41, 5.74) is -0.336. The van der Waals surface area contributed by atoms with E-state index in [1.807, 2.05) is 0 Å². The van der Waals surface area contributed by atoms with Gasteiger partial charge in [0.2, 0.25) is 5.91 Å². The molecule has 2 aliphatic heterocycles. The van der Waals surface area contributed by atoms with Crippen LogP contribution in [-0.4, -0.2) is 55.8 Å². The van der Waals surface area contributed by atoms with Crippen LogP contribution >= 0.6 is 0 Å². The highest BCUT2D eigenvalue weighted by Gasteiger charge is 2.41. The minimum atomic E-state index is -3.55. The molecule has 0 saturated carbocycles. The summed E-state index contributed by atoms with van der Waals surface area (Å²) in [7, 11) is -3.55. The van der Waals surface area contributed by atoms with Crippen LogP contribution in [0.1, 0.15) is 31.7 Å². The van der Waals surface area contributed by atoms with Gasteiger partial charge in [0.15, 0.2) is 0 Å². The van der Waals surface area contributed by atoms with Crippen molar-refractivity contribution in [2.75, 3.05) is 19.6 Å². The van der Waals surface area contributed by atoms with Crippen molar-refractivity contribution in [3.63, 3.8) is 0 Å². The van der Waals surface area contributed by atoms with E-state index in [9.17, 15) is 23.1 Å². The fourth-order valence-corrected chi connectivity index (χ4v) is 4.43. The molecule has 9 heteroatoms. The van der Waals surface area contributed by atoms with Gasteiger partial charge in [-0.25, -0.2) is 8.42 Å². The second-order valence-electron chi connectivity index (χ2n) is 6.87. The number of likely N-dealkylation sites (tertiary alicyclic amines) is 1. The van der Waals surface area contributed by atoms with E-state index in [1.54, 1.807) is 30.0 Å². The third-order valence-corrected chi connectivity index (χ3v) is 6.22. The Balaban J connectivity index is 1.55. The molecule has 2 heterocycles. The number of carbonyl (C=O) groups is 2. The lowest BCUT2D eigenvalue weighted by atomic mass is 9.90. The van der Waals surface area contributed by atoms with Crippen LogP contribution in [0.3, 0.4) is 0 Å². The van der Waals surface area contributed by atoms with E-state index >= 15 is 0 Å². The van der Waals surface area contributed by atoms with Crippen molar-refractivity contribution in [2.24, 2.45) is 10.4 Å². The minimum Gasteiger partial charge on any atom is -0.481 e. The summed E-state index contributed by atoms with van der Waals surface area (Å²) in [4.78, 5) is 29.5. The van der Waals surface area contributed by atoms with Gasteiger partial charge in [-0.3, -0.25) is 19.3 Å². The monoisotopic (exact) mass is 379 g/mol. The van der Waals surface area contributed by atoms with Crippen molar-refractivity contribution >= 4 is 27.7 Å². The van der Waals surface area contributed by atoms with Gasteiger partial charge in [0.25, 0.3) is 10.0 Å². The smallest absolute Gasteiger partial charge is 0.311 e. The molecule has 0 aromatic heterocycles. The van der Waals surface area contributed by atoms with Crippen molar-refractivity contribution in [2.45, 2.75) is 31.1 Å². The molecule has 0 aliphatic carbocycles. The molecule has 0 radical (unpaired) electrons. The Hall–Kier alpha value is -2.42. The molecule has 1 atom stereocenters. The van der Waals surface area contributed by atoms with Gasteiger partial charge in [-0.1, -0.05) is 12.1 Å². The zero-order valence-electron chi connectivity index (χ0n) is 14.4. The Morgan fingerprint density at radius 1 is 1.35 bits per heavy atom. The fourth-order valence-electron chi connectivity index (χ4n) is 3.18. The highest BCUT2D eigenvalue weighted by molar-refractivity contribution is 7.90. The van der Waals surface area contributed by atoms with Gasteiger partial charge >= 0.3 is 5.97 Å². The lowest BCUT2D eigenvalue weighted by molar-refractivity contribution is -0.147. The zero-order valence-corrected chi connectivity index (χ0v) is 15.3. The standard InChI is InChI=1S/C17H21N3O5S/c1-17(16(22)23)8-10-20(11-17)14(21)7-4-9-18-15-12-5-2-3-6-13(12)26(24,25)19-15/h2-3,5-6H,4,7-11H2,1H3,(H,18,19)(H,22,23). The Morgan fingerprint density at radius 2 is 2.08 bits per heavy atom. The highest BCUT2D eigenvalue weighted by atomic mass is 32.2. The van der Waals surface area contributed by atoms with Crippen molar-refractivity contribution < 1.29 is 23.1 Å². The molecule has 1 saturated heterocycles. The number of amidine groups is 1. The van der Waals surface area contributed by atoms with Crippen molar-refractivity contribution in [3.8, 4) is 0 Å². The number of benzene rings is 1. The first-order chi connectivity index (χ1) is 12.2. The molecule has 8 nitrogen and oxygen atoms in total. The van der Waals surface area contributed by atoms with Gasteiger partial charge in [-0.05, 0) is 31.9 Å². The van der Waals surface area contributed by atoms with Crippen LogP contribution in [0, 0.1) is 5.41 Å². The number of rotatable bonds is 5. The number of fused-ring (bicyclic) bond motifs is 1. The molecule has 1 fully saturated rings. The third-order valence-electron chi connectivity index (χ3n) is 4.82. The Labute approximate surface area is 152 Å². The number of aliphatic imine (C=N–C) groups is 1. The van der Waals surface area contributed by atoms with Crippen LogP contribution < -0.4 is 4.72 Å². The Kier molecular flexibility index (Phi) is 4.74. The minimum absolute atomic E-state index is 0.0948. The first-order valence-electron chi connectivity index (χ1n) is 8.41. The normalized spacial score (nSPS) is 25.1. The van der Waals surface area contributed by atoms with Crippen LogP contribution in [-0.2, 0) is 19.6 Å². The number of carboxylic acids is 1. The van der Waals surface area contributed by atoms with Crippen LogP contribution in [0.25, 0.3) is 0 Å².